The number of anilines is 1. The van der Waals surface area contributed by atoms with E-state index in [1.807, 2.05) is 12.1 Å². The number of nitrogens with one attached hydrogen (secondary N) is 1. The average Bonchev–Trinajstić information content (AvgIpc) is 3.36. The van der Waals surface area contributed by atoms with Crippen molar-refractivity contribution in [3.8, 4) is 17.0 Å². The van der Waals surface area contributed by atoms with Crippen LogP contribution < -0.4 is 10.1 Å². The smallest absolute Gasteiger partial charge is 0.243 e. The number of fused-ring (bicyclic) bond motifs is 3. The van der Waals surface area contributed by atoms with Crippen molar-refractivity contribution < 1.29 is 17.9 Å². The number of sulfonamides is 1. The molecule has 7 nitrogen and oxygen atoms in total. The van der Waals surface area contributed by atoms with Crippen LogP contribution in [0.5, 0.6) is 5.75 Å². The van der Waals surface area contributed by atoms with Crippen molar-refractivity contribution in [2.45, 2.75) is 24.2 Å². The third-order valence-corrected chi connectivity index (χ3v) is 8.96. The van der Waals surface area contributed by atoms with Crippen LogP contribution in [0.3, 0.4) is 0 Å². The van der Waals surface area contributed by atoms with Crippen LogP contribution >= 0.6 is 11.3 Å². The molecule has 2 aromatic carbocycles. The maximum atomic E-state index is 12.9. The summed E-state index contributed by atoms with van der Waals surface area (Å²) in [6.45, 7) is 0.627. The normalized spacial score (nSPS) is 16.4. The number of rotatable bonds is 5. The Bertz CT molecular complexity index is 1260. The Morgan fingerprint density at radius 2 is 1.84 bits per heavy atom. The van der Waals surface area contributed by atoms with E-state index < -0.39 is 10.0 Å². The Morgan fingerprint density at radius 1 is 1.12 bits per heavy atom. The van der Waals surface area contributed by atoms with Gasteiger partial charge in [0, 0.05) is 35.9 Å². The SMILES string of the molecule is COc1ccc(S(=O)(=O)N2CCC(C(=O)Nc3nc4c(s3)Cc3ccccc3-4)CC2)cc1. The summed E-state index contributed by atoms with van der Waals surface area (Å²) in [5.41, 5.74) is 3.36. The molecule has 2 aliphatic rings. The van der Waals surface area contributed by atoms with Gasteiger partial charge in [-0.15, -0.1) is 11.3 Å². The molecule has 1 saturated heterocycles. The van der Waals surface area contributed by atoms with Gasteiger partial charge >= 0.3 is 0 Å². The van der Waals surface area contributed by atoms with E-state index in [9.17, 15) is 13.2 Å². The monoisotopic (exact) mass is 469 g/mol. The Labute approximate surface area is 191 Å². The highest BCUT2D eigenvalue weighted by Crippen LogP contribution is 2.41. The van der Waals surface area contributed by atoms with Gasteiger partial charge in [0.1, 0.15) is 5.75 Å². The second-order valence-electron chi connectivity index (χ2n) is 7.97. The fourth-order valence-electron chi connectivity index (χ4n) is 4.28. The van der Waals surface area contributed by atoms with Crippen molar-refractivity contribution in [2.24, 2.45) is 5.92 Å². The van der Waals surface area contributed by atoms with Crippen LogP contribution in [0, 0.1) is 5.92 Å². The number of carbonyl (C=O) groups is 1. The lowest BCUT2D eigenvalue weighted by Crippen LogP contribution is -2.41. The van der Waals surface area contributed by atoms with Crippen molar-refractivity contribution in [3.05, 3.63) is 59.0 Å². The highest BCUT2D eigenvalue weighted by Gasteiger charge is 2.33. The minimum absolute atomic E-state index is 0.0906. The molecular weight excluding hydrogens is 446 g/mol. The van der Waals surface area contributed by atoms with Crippen LogP contribution in [-0.4, -0.2) is 43.8 Å². The van der Waals surface area contributed by atoms with Crippen LogP contribution in [0.15, 0.2) is 53.4 Å². The summed E-state index contributed by atoms with van der Waals surface area (Å²) in [4.78, 5) is 18.9. The lowest BCUT2D eigenvalue weighted by Gasteiger charge is -2.30. The fraction of sp³-hybridized carbons (Fsp3) is 0.304. The van der Waals surface area contributed by atoms with Gasteiger partial charge in [-0.25, -0.2) is 13.4 Å². The number of carbonyl (C=O) groups excluding carboxylic acids is 1. The highest BCUT2D eigenvalue weighted by molar-refractivity contribution is 7.89. The van der Waals surface area contributed by atoms with Gasteiger partial charge < -0.3 is 10.1 Å². The molecule has 0 saturated carbocycles. The van der Waals surface area contributed by atoms with Gasteiger partial charge in [-0.3, -0.25) is 4.79 Å². The first-order valence-electron chi connectivity index (χ1n) is 10.5. The molecule has 2 heterocycles. The zero-order valence-electron chi connectivity index (χ0n) is 17.6. The van der Waals surface area contributed by atoms with E-state index in [1.54, 1.807) is 24.3 Å². The van der Waals surface area contributed by atoms with E-state index in [0.29, 0.717) is 36.8 Å². The number of hydrogen-bond donors (Lipinski definition) is 1. The molecule has 1 aliphatic carbocycles. The summed E-state index contributed by atoms with van der Waals surface area (Å²) in [5.74, 6) is 0.284. The standard InChI is InChI=1S/C23H23N3O4S2/c1-30-17-6-8-18(9-7-17)32(28,29)26-12-10-15(11-13-26)22(27)25-23-24-21-19-5-3-2-4-16(19)14-20(21)31-23/h2-9,15H,10-14H2,1H3,(H,24,25,27). The number of nitrogens with zero attached hydrogens (tertiary/aromatic N) is 2. The highest BCUT2D eigenvalue weighted by atomic mass is 32.2. The van der Waals surface area contributed by atoms with Crippen LogP contribution in [-0.2, 0) is 21.2 Å². The predicted octanol–water partition coefficient (Wildman–Crippen LogP) is 3.76. The van der Waals surface area contributed by atoms with E-state index in [1.165, 1.54) is 33.2 Å². The molecule has 0 atom stereocenters. The summed E-state index contributed by atoms with van der Waals surface area (Å²) in [6, 6.07) is 14.6. The molecule has 0 unspecified atom stereocenters. The summed E-state index contributed by atoms with van der Waals surface area (Å²) < 4.78 is 32.4. The lowest BCUT2D eigenvalue weighted by atomic mass is 9.97. The molecule has 32 heavy (non-hydrogen) atoms. The minimum atomic E-state index is -3.59. The molecule has 0 spiro atoms. The number of ether oxygens (including phenoxy) is 1. The fourth-order valence-corrected chi connectivity index (χ4v) is 6.75. The molecule has 5 rings (SSSR count). The van der Waals surface area contributed by atoms with Gasteiger partial charge in [0.05, 0.1) is 17.7 Å². The topological polar surface area (TPSA) is 88.6 Å². The van der Waals surface area contributed by atoms with Crippen molar-refractivity contribution >= 4 is 32.4 Å². The van der Waals surface area contributed by atoms with Gasteiger partial charge in [0.2, 0.25) is 15.9 Å². The number of thiazole rings is 1. The van der Waals surface area contributed by atoms with Crippen molar-refractivity contribution in [3.63, 3.8) is 0 Å². The van der Waals surface area contributed by atoms with Gasteiger partial charge in [-0.2, -0.15) is 4.31 Å². The number of aromatic nitrogens is 1. The number of piperidine rings is 1. The Kier molecular flexibility index (Phi) is 5.48. The minimum Gasteiger partial charge on any atom is -0.497 e. The van der Waals surface area contributed by atoms with E-state index in [2.05, 4.69) is 22.4 Å². The van der Waals surface area contributed by atoms with E-state index in [4.69, 9.17) is 4.74 Å². The maximum absolute atomic E-state index is 12.9. The zero-order valence-corrected chi connectivity index (χ0v) is 19.2. The third-order valence-electron chi connectivity index (χ3n) is 6.07. The van der Waals surface area contributed by atoms with Crippen LogP contribution in [0.4, 0.5) is 5.13 Å². The van der Waals surface area contributed by atoms with Crippen molar-refractivity contribution in [1.82, 2.24) is 9.29 Å². The Morgan fingerprint density at radius 3 is 2.56 bits per heavy atom. The largest absolute Gasteiger partial charge is 0.497 e. The first-order chi connectivity index (χ1) is 15.5. The molecule has 1 aliphatic heterocycles. The molecular formula is C23H23N3O4S2. The van der Waals surface area contributed by atoms with Gasteiger partial charge in [-0.1, -0.05) is 24.3 Å². The molecule has 1 fully saturated rings. The summed E-state index contributed by atoms with van der Waals surface area (Å²) >= 11 is 1.52. The molecule has 0 bridgehead atoms. The Balaban J connectivity index is 1.21. The van der Waals surface area contributed by atoms with Gasteiger partial charge in [-0.05, 0) is 42.7 Å². The number of methoxy groups -OCH3 is 1. The van der Waals surface area contributed by atoms with Crippen LogP contribution in [0.25, 0.3) is 11.3 Å². The molecule has 166 valence electrons. The second kappa shape index (κ2) is 8.31. The van der Waals surface area contributed by atoms with E-state index in [0.717, 1.165) is 17.7 Å². The molecule has 1 aromatic heterocycles. The van der Waals surface area contributed by atoms with Crippen LogP contribution in [0.1, 0.15) is 23.3 Å². The van der Waals surface area contributed by atoms with E-state index >= 15 is 0 Å². The lowest BCUT2D eigenvalue weighted by molar-refractivity contribution is -0.120. The van der Waals surface area contributed by atoms with Crippen LogP contribution in [0.2, 0.25) is 0 Å². The first-order valence-corrected chi connectivity index (χ1v) is 12.7. The average molecular weight is 470 g/mol. The maximum Gasteiger partial charge on any atom is 0.243 e. The summed E-state index contributed by atoms with van der Waals surface area (Å²) in [6.07, 6.45) is 1.81. The predicted molar refractivity (Wildman–Crippen MR) is 123 cm³/mol. The quantitative estimate of drug-likeness (QED) is 0.481. The second-order valence-corrected chi connectivity index (χ2v) is 11.0. The number of benzene rings is 2. The number of amides is 1. The third kappa shape index (κ3) is 3.80. The summed E-state index contributed by atoms with van der Waals surface area (Å²) in [5, 5.41) is 3.57. The Hall–Kier alpha value is -2.75. The molecule has 1 amide bonds. The van der Waals surface area contributed by atoms with E-state index in [-0.39, 0.29) is 16.7 Å². The molecule has 0 radical (unpaired) electrons. The van der Waals surface area contributed by atoms with Gasteiger partial charge in [0.15, 0.2) is 5.13 Å². The number of hydrogen-bond acceptors (Lipinski definition) is 6. The van der Waals surface area contributed by atoms with Gasteiger partial charge in [0.25, 0.3) is 0 Å². The zero-order chi connectivity index (χ0) is 22.3. The van der Waals surface area contributed by atoms with Crippen molar-refractivity contribution in [1.29, 1.82) is 0 Å². The first kappa shape index (κ1) is 21.1. The van der Waals surface area contributed by atoms with Crippen molar-refractivity contribution in [2.75, 3.05) is 25.5 Å². The molecule has 9 heteroatoms. The molecule has 3 aromatic rings. The summed E-state index contributed by atoms with van der Waals surface area (Å²) in [7, 11) is -2.05. The molecule has 1 N–H and O–H groups in total.